The van der Waals surface area contributed by atoms with Gasteiger partial charge in [-0.1, -0.05) is 24.3 Å². The number of anilines is 1. The monoisotopic (exact) mass is 489 g/mol. The van der Waals surface area contributed by atoms with Crippen molar-refractivity contribution in [2.45, 2.75) is 38.0 Å². The second-order valence-corrected chi connectivity index (χ2v) is 9.33. The van der Waals surface area contributed by atoms with Crippen molar-refractivity contribution in [1.29, 1.82) is 0 Å². The highest BCUT2D eigenvalue weighted by Crippen LogP contribution is 2.37. The lowest BCUT2D eigenvalue weighted by Gasteiger charge is -2.28. The molecule has 0 saturated heterocycles. The Labute approximate surface area is 206 Å². The van der Waals surface area contributed by atoms with Gasteiger partial charge in [0.25, 0.3) is 5.91 Å². The summed E-state index contributed by atoms with van der Waals surface area (Å²) in [6.45, 7) is 0. The van der Waals surface area contributed by atoms with Crippen molar-refractivity contribution in [3.8, 4) is 11.1 Å². The molecule has 2 aromatic heterocycles. The third-order valence-electron chi connectivity index (χ3n) is 6.89. The molecule has 6 nitrogen and oxygen atoms in total. The second-order valence-electron chi connectivity index (χ2n) is 9.33. The van der Waals surface area contributed by atoms with Gasteiger partial charge in [0.15, 0.2) is 0 Å². The lowest BCUT2D eigenvalue weighted by atomic mass is 9.77. The fourth-order valence-corrected chi connectivity index (χ4v) is 4.95. The average molecular weight is 490 g/mol. The van der Waals surface area contributed by atoms with E-state index in [1.165, 1.54) is 5.56 Å². The van der Waals surface area contributed by atoms with Crippen LogP contribution in [0.25, 0.3) is 16.8 Å². The van der Waals surface area contributed by atoms with Crippen LogP contribution in [-0.2, 0) is 4.79 Å². The maximum Gasteiger partial charge on any atom is 0.303 e. The van der Waals surface area contributed by atoms with Crippen molar-refractivity contribution in [1.82, 2.24) is 9.38 Å². The molecule has 1 saturated carbocycles. The number of carboxylic acids is 1. The molecule has 8 heteroatoms. The number of fused-ring (bicyclic) bond motifs is 1. The number of rotatable bonds is 6. The molecule has 36 heavy (non-hydrogen) atoms. The molecule has 1 fully saturated rings. The first kappa shape index (κ1) is 23.7. The van der Waals surface area contributed by atoms with Gasteiger partial charge in [-0.15, -0.1) is 0 Å². The number of hydrogen-bond acceptors (Lipinski definition) is 3. The van der Waals surface area contributed by atoms with E-state index in [0.717, 1.165) is 55.0 Å². The predicted molar refractivity (Wildman–Crippen MR) is 132 cm³/mol. The van der Waals surface area contributed by atoms with Gasteiger partial charge < -0.3 is 14.8 Å². The number of carbonyl (C=O) groups excluding carboxylic acids is 1. The van der Waals surface area contributed by atoms with Gasteiger partial charge in [0, 0.05) is 24.9 Å². The summed E-state index contributed by atoms with van der Waals surface area (Å²) in [5.41, 5.74) is 3.62. The van der Waals surface area contributed by atoms with Gasteiger partial charge in [-0.05, 0) is 78.5 Å². The molecule has 0 radical (unpaired) electrons. The summed E-state index contributed by atoms with van der Waals surface area (Å²) < 4.78 is 29.0. The Balaban J connectivity index is 1.29. The number of pyridine rings is 1. The van der Waals surface area contributed by atoms with Crippen LogP contribution in [0.5, 0.6) is 0 Å². The Kier molecular flexibility index (Phi) is 6.50. The molecule has 5 rings (SSSR count). The standard InChI is InChI=1S/C28H25F2N3O3/c29-22-10-11-23(30)24(14-22)32-28(36)25-16-33-15-21(9-12-26(33)31-25)20-7-5-19(6-8-20)18-3-1-17(2-4-18)13-27(34)35/h5-12,14-18H,1-4,13H2,(H,32,36)(H,34,35)/t17-,18-. The van der Waals surface area contributed by atoms with Gasteiger partial charge in [0.2, 0.25) is 0 Å². The van der Waals surface area contributed by atoms with E-state index in [-0.39, 0.29) is 23.7 Å². The maximum absolute atomic E-state index is 13.9. The molecule has 2 heterocycles. The van der Waals surface area contributed by atoms with Crippen LogP contribution in [0.2, 0.25) is 0 Å². The fraction of sp³-hybridized carbons (Fsp3) is 0.250. The van der Waals surface area contributed by atoms with Crippen molar-refractivity contribution in [3.63, 3.8) is 0 Å². The van der Waals surface area contributed by atoms with Gasteiger partial charge in [-0.25, -0.2) is 13.8 Å². The van der Waals surface area contributed by atoms with Gasteiger partial charge in [-0.2, -0.15) is 0 Å². The van der Waals surface area contributed by atoms with E-state index in [4.69, 9.17) is 5.11 Å². The predicted octanol–water partition coefficient (Wildman–Crippen LogP) is 6.28. The summed E-state index contributed by atoms with van der Waals surface area (Å²) in [5, 5.41) is 11.4. The highest BCUT2D eigenvalue weighted by molar-refractivity contribution is 6.03. The first-order chi connectivity index (χ1) is 17.4. The Bertz CT molecular complexity index is 1420. The number of benzene rings is 2. The Morgan fingerprint density at radius 3 is 2.39 bits per heavy atom. The number of nitrogens with one attached hydrogen (secondary N) is 1. The molecule has 2 N–H and O–H groups in total. The zero-order valence-corrected chi connectivity index (χ0v) is 19.5. The van der Waals surface area contributed by atoms with E-state index >= 15 is 0 Å². The molecular weight excluding hydrogens is 464 g/mol. The molecule has 4 aromatic rings. The van der Waals surface area contributed by atoms with E-state index in [9.17, 15) is 18.4 Å². The summed E-state index contributed by atoms with van der Waals surface area (Å²) in [4.78, 5) is 27.8. The summed E-state index contributed by atoms with van der Waals surface area (Å²) in [7, 11) is 0. The fourth-order valence-electron chi connectivity index (χ4n) is 4.95. The number of halogens is 2. The normalized spacial score (nSPS) is 17.7. The van der Waals surface area contributed by atoms with Gasteiger partial charge in [0.1, 0.15) is 23.0 Å². The van der Waals surface area contributed by atoms with Crippen molar-refractivity contribution in [2.24, 2.45) is 5.92 Å². The highest BCUT2D eigenvalue weighted by Gasteiger charge is 2.24. The van der Waals surface area contributed by atoms with Crippen LogP contribution in [0.1, 0.15) is 54.1 Å². The second kappa shape index (κ2) is 9.89. The Morgan fingerprint density at radius 1 is 0.944 bits per heavy atom. The van der Waals surface area contributed by atoms with E-state index in [2.05, 4.69) is 34.6 Å². The third kappa shape index (κ3) is 5.12. The molecule has 1 aliphatic carbocycles. The zero-order chi connectivity index (χ0) is 25.2. The highest BCUT2D eigenvalue weighted by atomic mass is 19.1. The first-order valence-electron chi connectivity index (χ1n) is 11.9. The van der Waals surface area contributed by atoms with Gasteiger partial charge >= 0.3 is 5.97 Å². The number of aromatic nitrogens is 2. The molecule has 184 valence electrons. The number of amides is 1. The minimum absolute atomic E-state index is 0.0876. The minimum atomic E-state index is -0.729. The number of carboxylic acid groups (broad SMARTS) is 1. The SMILES string of the molecule is O=C(O)C[C@H]1CC[C@H](c2ccc(-c3ccc4nc(C(=O)Nc5cc(F)ccc5F)cn4c3)cc2)CC1. The third-order valence-corrected chi connectivity index (χ3v) is 6.89. The topological polar surface area (TPSA) is 83.7 Å². The number of nitrogens with zero attached hydrogens (tertiary/aromatic N) is 2. The summed E-state index contributed by atoms with van der Waals surface area (Å²) in [6.07, 6.45) is 7.57. The largest absolute Gasteiger partial charge is 0.481 e. The molecule has 0 spiro atoms. The van der Waals surface area contributed by atoms with Crippen molar-refractivity contribution in [2.75, 3.05) is 5.32 Å². The number of carbonyl (C=O) groups is 2. The molecular formula is C28H25F2N3O3. The number of aliphatic carboxylic acids is 1. The average Bonchev–Trinajstić information content (AvgIpc) is 3.30. The summed E-state index contributed by atoms with van der Waals surface area (Å²) >= 11 is 0. The van der Waals surface area contributed by atoms with Crippen LogP contribution in [0, 0.1) is 17.6 Å². The van der Waals surface area contributed by atoms with Crippen LogP contribution >= 0.6 is 0 Å². The van der Waals surface area contributed by atoms with Gasteiger partial charge in [0.05, 0.1) is 5.69 Å². The van der Waals surface area contributed by atoms with Crippen LogP contribution in [-0.4, -0.2) is 26.4 Å². The smallest absolute Gasteiger partial charge is 0.303 e. The van der Waals surface area contributed by atoms with Crippen molar-refractivity contribution in [3.05, 3.63) is 89.9 Å². The quantitative estimate of drug-likeness (QED) is 0.334. The van der Waals surface area contributed by atoms with Crippen molar-refractivity contribution >= 4 is 23.2 Å². The van der Waals surface area contributed by atoms with E-state index in [0.29, 0.717) is 11.6 Å². The van der Waals surface area contributed by atoms with Crippen LogP contribution < -0.4 is 5.32 Å². The lowest BCUT2D eigenvalue weighted by Crippen LogP contribution is -2.16. The van der Waals surface area contributed by atoms with Gasteiger partial charge in [-0.3, -0.25) is 9.59 Å². The van der Waals surface area contributed by atoms with Crippen molar-refractivity contribution < 1.29 is 23.5 Å². The van der Waals surface area contributed by atoms with E-state index in [1.54, 1.807) is 16.7 Å². The van der Waals surface area contributed by atoms with E-state index in [1.807, 2.05) is 12.3 Å². The number of hydrogen-bond donors (Lipinski definition) is 2. The zero-order valence-electron chi connectivity index (χ0n) is 19.5. The number of imidazole rings is 1. The molecule has 2 aromatic carbocycles. The lowest BCUT2D eigenvalue weighted by molar-refractivity contribution is -0.138. The first-order valence-corrected chi connectivity index (χ1v) is 11.9. The molecule has 1 aliphatic rings. The Morgan fingerprint density at radius 2 is 1.67 bits per heavy atom. The van der Waals surface area contributed by atoms with Crippen LogP contribution in [0.3, 0.4) is 0 Å². The minimum Gasteiger partial charge on any atom is -0.481 e. The Hall–Kier alpha value is -4.07. The maximum atomic E-state index is 13.9. The molecule has 0 unspecified atom stereocenters. The summed E-state index contributed by atoms with van der Waals surface area (Å²) in [6, 6.07) is 15.0. The van der Waals surface area contributed by atoms with Crippen LogP contribution in [0.4, 0.5) is 14.5 Å². The van der Waals surface area contributed by atoms with Crippen LogP contribution in [0.15, 0.2) is 67.0 Å². The molecule has 1 amide bonds. The van der Waals surface area contributed by atoms with E-state index < -0.39 is 23.5 Å². The molecule has 0 atom stereocenters. The molecule has 0 aliphatic heterocycles. The molecule has 0 bridgehead atoms. The summed E-state index contributed by atoms with van der Waals surface area (Å²) in [5.74, 6) is -2.00.